The molecule has 4 rings (SSSR count). The first-order valence-corrected chi connectivity index (χ1v) is 10.7. The summed E-state index contributed by atoms with van der Waals surface area (Å²) < 4.78 is 28.1. The minimum atomic E-state index is -3.61. The van der Waals surface area contributed by atoms with Gasteiger partial charge in [-0.3, -0.25) is 0 Å². The molecule has 0 radical (unpaired) electrons. The molecule has 0 amide bonds. The summed E-state index contributed by atoms with van der Waals surface area (Å²) in [5.41, 5.74) is 0.502. The van der Waals surface area contributed by atoms with Gasteiger partial charge in [0.1, 0.15) is 11.9 Å². The van der Waals surface area contributed by atoms with E-state index in [0.29, 0.717) is 25.9 Å². The zero-order valence-electron chi connectivity index (χ0n) is 15.4. The average Bonchev–Trinajstić information content (AvgIpc) is 3.30. The largest absolute Gasteiger partial charge is 0.380 e. The van der Waals surface area contributed by atoms with Crippen molar-refractivity contribution in [2.24, 2.45) is 5.92 Å². The van der Waals surface area contributed by atoms with E-state index < -0.39 is 15.8 Å². The molecule has 1 aliphatic heterocycles. The van der Waals surface area contributed by atoms with Crippen LogP contribution in [0.5, 0.6) is 0 Å². The van der Waals surface area contributed by atoms with Crippen LogP contribution < -0.4 is 0 Å². The number of hydrogen-bond donors (Lipinski definition) is 1. The highest BCUT2D eigenvalue weighted by atomic mass is 32.2. The van der Waals surface area contributed by atoms with Gasteiger partial charge in [-0.05, 0) is 29.9 Å². The number of aliphatic hydroxyl groups is 1. The summed E-state index contributed by atoms with van der Waals surface area (Å²) >= 11 is 0. The van der Waals surface area contributed by atoms with Crippen LogP contribution in [0.4, 0.5) is 0 Å². The Hall–Kier alpha value is -2.48. The fourth-order valence-electron chi connectivity index (χ4n) is 4.04. The number of piperidine rings is 1. The molecule has 6 nitrogen and oxygen atoms in total. The van der Waals surface area contributed by atoms with E-state index in [0.717, 1.165) is 15.1 Å². The molecule has 3 aromatic rings. The third-order valence-electron chi connectivity index (χ3n) is 5.55. The molecule has 0 atom stereocenters. The van der Waals surface area contributed by atoms with E-state index in [2.05, 4.69) is 4.98 Å². The van der Waals surface area contributed by atoms with Crippen LogP contribution in [-0.4, -0.2) is 39.9 Å². The van der Waals surface area contributed by atoms with Crippen LogP contribution in [0.2, 0.25) is 0 Å². The van der Waals surface area contributed by atoms with Gasteiger partial charge in [0, 0.05) is 25.5 Å². The van der Waals surface area contributed by atoms with Crippen LogP contribution in [0.3, 0.4) is 0 Å². The summed E-state index contributed by atoms with van der Waals surface area (Å²) in [5, 5.41) is 11.9. The summed E-state index contributed by atoms with van der Waals surface area (Å²) in [4.78, 5) is 3.83. The molecule has 1 saturated heterocycles. The topological polar surface area (TPSA) is 75.4 Å². The van der Waals surface area contributed by atoms with Crippen LogP contribution >= 0.6 is 0 Å². The van der Waals surface area contributed by atoms with Crippen LogP contribution in [0, 0.1) is 5.92 Å². The normalized spacial score (nSPS) is 16.9. The standard InChI is InChI=1S/C21H23N3O3S/c25-21(18-7-3-1-4-8-18,19-9-5-2-6-10-19)20-11-14-23(15-12-20)28(26,27)24-16-13-22-17-24/h1-10,13,16-17,20,25H,11-12,14-15H2. The minimum Gasteiger partial charge on any atom is -0.380 e. The Balaban J connectivity index is 1.62. The molecule has 0 spiro atoms. The SMILES string of the molecule is O=S(=O)(N1CCC(C(O)(c2ccccc2)c2ccccc2)CC1)n1ccnc1. The van der Waals surface area contributed by atoms with E-state index in [-0.39, 0.29) is 5.92 Å². The molecule has 0 bridgehead atoms. The van der Waals surface area contributed by atoms with Crippen LogP contribution in [0.25, 0.3) is 0 Å². The maximum atomic E-state index is 12.7. The first kappa shape index (κ1) is 18.9. The van der Waals surface area contributed by atoms with E-state index in [1.54, 1.807) is 0 Å². The van der Waals surface area contributed by atoms with Gasteiger partial charge >= 0.3 is 10.2 Å². The van der Waals surface area contributed by atoms with Gasteiger partial charge in [-0.2, -0.15) is 12.7 Å². The third kappa shape index (κ3) is 3.26. The number of rotatable bonds is 5. The molecule has 0 saturated carbocycles. The summed E-state index contributed by atoms with van der Waals surface area (Å²) in [6.07, 6.45) is 5.31. The van der Waals surface area contributed by atoms with Crippen molar-refractivity contribution >= 4 is 10.2 Å². The van der Waals surface area contributed by atoms with E-state index in [1.807, 2.05) is 60.7 Å². The summed E-state index contributed by atoms with van der Waals surface area (Å²) in [5.74, 6) is -0.0912. The van der Waals surface area contributed by atoms with Gasteiger partial charge in [0.15, 0.2) is 0 Å². The fraction of sp³-hybridized carbons (Fsp3) is 0.286. The molecule has 0 aliphatic carbocycles. The molecule has 1 N–H and O–H groups in total. The number of nitrogens with zero attached hydrogens (tertiary/aromatic N) is 3. The Kier molecular flexibility index (Phi) is 5.05. The van der Waals surface area contributed by atoms with Gasteiger partial charge in [-0.15, -0.1) is 0 Å². The number of hydrogen-bond acceptors (Lipinski definition) is 4. The predicted octanol–water partition coefficient (Wildman–Crippen LogP) is 2.62. The minimum absolute atomic E-state index is 0.0912. The molecule has 7 heteroatoms. The molecule has 1 aromatic heterocycles. The Labute approximate surface area is 165 Å². The second-order valence-electron chi connectivity index (χ2n) is 7.07. The van der Waals surface area contributed by atoms with E-state index in [1.165, 1.54) is 23.0 Å². The molecule has 1 fully saturated rings. The Bertz CT molecular complexity index is 958. The summed E-state index contributed by atoms with van der Waals surface area (Å²) in [7, 11) is -3.61. The Morgan fingerprint density at radius 3 is 1.93 bits per heavy atom. The van der Waals surface area contributed by atoms with Crippen LogP contribution in [-0.2, 0) is 15.8 Å². The van der Waals surface area contributed by atoms with Gasteiger partial charge in [-0.1, -0.05) is 60.7 Å². The average molecular weight is 398 g/mol. The van der Waals surface area contributed by atoms with E-state index in [4.69, 9.17) is 0 Å². The van der Waals surface area contributed by atoms with Crippen molar-refractivity contribution in [3.8, 4) is 0 Å². The summed E-state index contributed by atoms with van der Waals surface area (Å²) in [6, 6.07) is 19.3. The van der Waals surface area contributed by atoms with Crippen molar-refractivity contribution in [1.29, 1.82) is 0 Å². The number of imidazole rings is 1. The predicted molar refractivity (Wildman–Crippen MR) is 107 cm³/mol. The van der Waals surface area contributed by atoms with Crippen LogP contribution in [0.1, 0.15) is 24.0 Å². The van der Waals surface area contributed by atoms with Crippen LogP contribution in [0.15, 0.2) is 79.4 Å². The van der Waals surface area contributed by atoms with Crippen molar-refractivity contribution in [2.75, 3.05) is 13.1 Å². The Morgan fingerprint density at radius 1 is 0.929 bits per heavy atom. The second-order valence-corrected chi connectivity index (χ2v) is 8.91. The first-order valence-electron chi connectivity index (χ1n) is 9.35. The number of benzene rings is 2. The lowest BCUT2D eigenvalue weighted by molar-refractivity contribution is -0.00540. The zero-order chi connectivity index (χ0) is 19.6. The van der Waals surface area contributed by atoms with Crippen molar-refractivity contribution in [1.82, 2.24) is 13.3 Å². The maximum absolute atomic E-state index is 12.7. The van der Waals surface area contributed by atoms with Gasteiger partial charge in [0.25, 0.3) is 0 Å². The highest BCUT2D eigenvalue weighted by Crippen LogP contribution is 2.42. The number of aromatic nitrogens is 2. The van der Waals surface area contributed by atoms with Gasteiger partial charge in [-0.25, -0.2) is 8.96 Å². The Morgan fingerprint density at radius 2 is 1.46 bits per heavy atom. The van der Waals surface area contributed by atoms with Crippen molar-refractivity contribution in [3.05, 3.63) is 90.5 Å². The lowest BCUT2D eigenvalue weighted by atomic mass is 9.72. The quantitative estimate of drug-likeness (QED) is 0.718. The lowest BCUT2D eigenvalue weighted by Crippen LogP contribution is -2.47. The molecule has 0 unspecified atom stereocenters. The molecule has 2 aromatic carbocycles. The van der Waals surface area contributed by atoms with Gasteiger partial charge in [0.05, 0.1) is 0 Å². The van der Waals surface area contributed by atoms with Crippen molar-refractivity contribution in [3.63, 3.8) is 0 Å². The molecule has 2 heterocycles. The second kappa shape index (κ2) is 7.50. The maximum Gasteiger partial charge on any atom is 0.308 e. The highest BCUT2D eigenvalue weighted by Gasteiger charge is 2.43. The molecular weight excluding hydrogens is 374 g/mol. The first-order chi connectivity index (χ1) is 13.5. The van der Waals surface area contributed by atoms with E-state index >= 15 is 0 Å². The smallest absolute Gasteiger partial charge is 0.308 e. The molecule has 28 heavy (non-hydrogen) atoms. The lowest BCUT2D eigenvalue weighted by Gasteiger charge is -2.41. The van der Waals surface area contributed by atoms with E-state index in [9.17, 15) is 13.5 Å². The zero-order valence-corrected chi connectivity index (χ0v) is 16.2. The van der Waals surface area contributed by atoms with Crippen molar-refractivity contribution < 1.29 is 13.5 Å². The highest BCUT2D eigenvalue weighted by molar-refractivity contribution is 7.87. The molecule has 146 valence electrons. The summed E-state index contributed by atoms with van der Waals surface area (Å²) in [6.45, 7) is 0.709. The molecular formula is C21H23N3O3S. The monoisotopic (exact) mass is 397 g/mol. The van der Waals surface area contributed by atoms with Gasteiger partial charge in [0.2, 0.25) is 0 Å². The van der Waals surface area contributed by atoms with Gasteiger partial charge < -0.3 is 5.11 Å². The molecule has 1 aliphatic rings. The third-order valence-corrected chi connectivity index (χ3v) is 7.31. The van der Waals surface area contributed by atoms with Crippen molar-refractivity contribution in [2.45, 2.75) is 18.4 Å². The fourth-order valence-corrected chi connectivity index (χ4v) is 5.36.